The van der Waals surface area contributed by atoms with Crippen LogP contribution in [0.2, 0.25) is 5.02 Å². The molecule has 0 bridgehead atoms. The van der Waals surface area contributed by atoms with Gasteiger partial charge in [-0.2, -0.15) is 0 Å². The molecule has 112 valence electrons. The standard InChI is InChI=1S/C15H15ClFNO3/c1-20-13-5-9(6-14(21-2)15(13)19)8-18-12-7-10(17)3-4-11(12)16/h3-7,18-19H,8H2,1-2H3. The lowest BCUT2D eigenvalue weighted by molar-refractivity contribution is 0.339. The van der Waals surface area contributed by atoms with Gasteiger partial charge in [0, 0.05) is 6.54 Å². The van der Waals surface area contributed by atoms with Gasteiger partial charge >= 0.3 is 0 Å². The number of aromatic hydroxyl groups is 1. The second-order valence-corrected chi connectivity index (χ2v) is 4.73. The number of methoxy groups -OCH3 is 2. The minimum Gasteiger partial charge on any atom is -0.502 e. The molecule has 0 heterocycles. The molecule has 0 fully saturated rings. The van der Waals surface area contributed by atoms with Crippen molar-refractivity contribution in [1.29, 1.82) is 0 Å². The van der Waals surface area contributed by atoms with Crippen molar-refractivity contribution in [3.05, 3.63) is 46.7 Å². The Morgan fingerprint density at radius 1 is 1.14 bits per heavy atom. The second kappa shape index (κ2) is 6.54. The SMILES string of the molecule is COc1cc(CNc2cc(F)ccc2Cl)cc(OC)c1O. The Morgan fingerprint density at radius 3 is 2.33 bits per heavy atom. The predicted octanol–water partition coefficient (Wildman–Crippen LogP) is 3.81. The fourth-order valence-electron chi connectivity index (χ4n) is 1.88. The number of phenolic OH excluding ortho intramolecular Hbond substituents is 1. The van der Waals surface area contributed by atoms with Gasteiger partial charge in [0.1, 0.15) is 5.82 Å². The third kappa shape index (κ3) is 3.49. The molecule has 0 aromatic heterocycles. The average Bonchev–Trinajstić information content (AvgIpc) is 2.49. The summed E-state index contributed by atoms with van der Waals surface area (Å²) in [6, 6.07) is 7.42. The number of hydrogen-bond donors (Lipinski definition) is 2. The van der Waals surface area contributed by atoms with E-state index in [2.05, 4.69) is 5.32 Å². The first-order valence-corrected chi connectivity index (χ1v) is 6.55. The number of ether oxygens (including phenoxy) is 2. The molecule has 0 aliphatic carbocycles. The fourth-order valence-corrected chi connectivity index (χ4v) is 2.06. The maximum Gasteiger partial charge on any atom is 0.200 e. The van der Waals surface area contributed by atoms with E-state index in [-0.39, 0.29) is 11.6 Å². The van der Waals surface area contributed by atoms with Crippen molar-refractivity contribution in [2.45, 2.75) is 6.54 Å². The van der Waals surface area contributed by atoms with Crippen molar-refractivity contribution in [2.75, 3.05) is 19.5 Å². The van der Waals surface area contributed by atoms with E-state index in [4.69, 9.17) is 21.1 Å². The van der Waals surface area contributed by atoms with E-state index >= 15 is 0 Å². The Labute approximate surface area is 127 Å². The number of rotatable bonds is 5. The van der Waals surface area contributed by atoms with Crippen LogP contribution in [0.3, 0.4) is 0 Å². The molecule has 0 aliphatic heterocycles. The molecule has 0 saturated heterocycles. The summed E-state index contributed by atoms with van der Waals surface area (Å²) in [6.45, 7) is 0.371. The highest BCUT2D eigenvalue weighted by Gasteiger charge is 2.11. The third-order valence-corrected chi connectivity index (χ3v) is 3.28. The summed E-state index contributed by atoms with van der Waals surface area (Å²) >= 11 is 5.99. The van der Waals surface area contributed by atoms with Gasteiger partial charge in [0.25, 0.3) is 0 Å². The van der Waals surface area contributed by atoms with Crippen LogP contribution in [0, 0.1) is 5.82 Å². The maximum atomic E-state index is 13.2. The first-order chi connectivity index (χ1) is 10.0. The van der Waals surface area contributed by atoms with Crippen molar-refractivity contribution in [3.8, 4) is 17.2 Å². The summed E-state index contributed by atoms with van der Waals surface area (Å²) in [5.41, 5.74) is 1.28. The zero-order chi connectivity index (χ0) is 15.4. The summed E-state index contributed by atoms with van der Waals surface area (Å²) in [5, 5.41) is 13.3. The second-order valence-electron chi connectivity index (χ2n) is 4.33. The third-order valence-electron chi connectivity index (χ3n) is 2.95. The normalized spacial score (nSPS) is 10.3. The minimum absolute atomic E-state index is 0.0625. The molecule has 6 heteroatoms. The number of halogens is 2. The Kier molecular flexibility index (Phi) is 4.75. The van der Waals surface area contributed by atoms with Gasteiger partial charge in [0.05, 0.1) is 24.9 Å². The number of nitrogens with one attached hydrogen (secondary N) is 1. The lowest BCUT2D eigenvalue weighted by Gasteiger charge is -2.13. The molecule has 0 unspecified atom stereocenters. The molecule has 2 aromatic rings. The molecule has 2 rings (SSSR count). The predicted molar refractivity (Wildman–Crippen MR) is 79.9 cm³/mol. The molecule has 2 aromatic carbocycles. The van der Waals surface area contributed by atoms with Gasteiger partial charge in [-0.05, 0) is 35.9 Å². The molecule has 0 aliphatic rings. The van der Waals surface area contributed by atoms with Crippen LogP contribution in [0.15, 0.2) is 30.3 Å². The zero-order valence-electron chi connectivity index (χ0n) is 11.6. The van der Waals surface area contributed by atoms with E-state index in [1.807, 2.05) is 0 Å². The van der Waals surface area contributed by atoms with E-state index < -0.39 is 0 Å². The van der Waals surface area contributed by atoms with Gasteiger partial charge in [-0.15, -0.1) is 0 Å². The summed E-state index contributed by atoms with van der Waals surface area (Å²) in [5.74, 6) is 0.170. The zero-order valence-corrected chi connectivity index (χ0v) is 12.4. The van der Waals surface area contributed by atoms with Crippen molar-refractivity contribution < 1.29 is 19.0 Å². The molecule has 0 radical (unpaired) electrons. The molecular weight excluding hydrogens is 297 g/mol. The Hall–Kier alpha value is -2.14. The quantitative estimate of drug-likeness (QED) is 0.881. The van der Waals surface area contributed by atoms with Crippen LogP contribution in [-0.2, 0) is 6.54 Å². The topological polar surface area (TPSA) is 50.7 Å². The highest BCUT2D eigenvalue weighted by Crippen LogP contribution is 2.37. The smallest absolute Gasteiger partial charge is 0.200 e. The lowest BCUT2D eigenvalue weighted by Crippen LogP contribution is -2.01. The largest absolute Gasteiger partial charge is 0.502 e. The minimum atomic E-state index is -0.372. The number of benzene rings is 2. The number of anilines is 1. The first-order valence-electron chi connectivity index (χ1n) is 6.18. The highest BCUT2D eigenvalue weighted by atomic mass is 35.5. The molecular formula is C15H15ClFNO3. The van der Waals surface area contributed by atoms with Crippen LogP contribution in [-0.4, -0.2) is 19.3 Å². The van der Waals surface area contributed by atoms with Crippen LogP contribution in [0.4, 0.5) is 10.1 Å². The first kappa shape index (κ1) is 15.3. The van der Waals surface area contributed by atoms with Gasteiger partial charge in [-0.25, -0.2) is 4.39 Å². The fraction of sp³-hybridized carbons (Fsp3) is 0.200. The molecule has 0 atom stereocenters. The monoisotopic (exact) mass is 311 g/mol. The van der Waals surface area contributed by atoms with Crippen molar-refractivity contribution in [3.63, 3.8) is 0 Å². The molecule has 4 nitrogen and oxygen atoms in total. The molecule has 0 saturated carbocycles. The van der Waals surface area contributed by atoms with Crippen LogP contribution in [0.25, 0.3) is 0 Å². The average molecular weight is 312 g/mol. The molecule has 21 heavy (non-hydrogen) atoms. The van der Waals surface area contributed by atoms with E-state index in [0.717, 1.165) is 5.56 Å². The van der Waals surface area contributed by atoms with Gasteiger partial charge < -0.3 is 19.9 Å². The number of phenols is 1. The summed E-state index contributed by atoms with van der Waals surface area (Å²) in [6.07, 6.45) is 0. The van der Waals surface area contributed by atoms with Crippen molar-refractivity contribution >= 4 is 17.3 Å². The van der Waals surface area contributed by atoms with Crippen LogP contribution >= 0.6 is 11.6 Å². The summed E-state index contributed by atoms with van der Waals surface area (Å²) < 4.78 is 23.3. The van der Waals surface area contributed by atoms with Crippen molar-refractivity contribution in [1.82, 2.24) is 0 Å². The van der Waals surface area contributed by atoms with E-state index in [1.165, 1.54) is 32.4 Å². The molecule has 2 N–H and O–H groups in total. The van der Waals surface area contributed by atoms with Crippen LogP contribution < -0.4 is 14.8 Å². The van der Waals surface area contributed by atoms with Crippen LogP contribution in [0.5, 0.6) is 17.2 Å². The van der Waals surface area contributed by atoms with E-state index in [0.29, 0.717) is 28.8 Å². The summed E-state index contributed by atoms with van der Waals surface area (Å²) in [7, 11) is 2.91. The maximum absolute atomic E-state index is 13.2. The van der Waals surface area contributed by atoms with Crippen LogP contribution in [0.1, 0.15) is 5.56 Å². The van der Waals surface area contributed by atoms with E-state index in [9.17, 15) is 9.50 Å². The Morgan fingerprint density at radius 2 is 1.76 bits per heavy atom. The van der Waals surface area contributed by atoms with Gasteiger partial charge in [-0.1, -0.05) is 11.6 Å². The molecule has 0 spiro atoms. The Balaban J connectivity index is 2.22. The van der Waals surface area contributed by atoms with E-state index in [1.54, 1.807) is 12.1 Å². The van der Waals surface area contributed by atoms with Gasteiger partial charge in [0.2, 0.25) is 5.75 Å². The van der Waals surface area contributed by atoms with Crippen molar-refractivity contribution in [2.24, 2.45) is 0 Å². The van der Waals surface area contributed by atoms with Gasteiger partial charge in [0.15, 0.2) is 11.5 Å². The lowest BCUT2D eigenvalue weighted by atomic mass is 10.1. The summed E-state index contributed by atoms with van der Waals surface area (Å²) in [4.78, 5) is 0. The van der Waals surface area contributed by atoms with Gasteiger partial charge in [-0.3, -0.25) is 0 Å². The number of hydrogen-bond acceptors (Lipinski definition) is 4. The highest BCUT2D eigenvalue weighted by molar-refractivity contribution is 6.33. The Bertz CT molecular complexity index is 624. The molecule has 0 amide bonds.